The Morgan fingerprint density at radius 3 is 2.36 bits per heavy atom. The number of nitrogens with one attached hydrogen (secondary N) is 1. The van der Waals surface area contributed by atoms with Gasteiger partial charge in [0, 0.05) is 5.69 Å². The number of hydrogen-bond donors (Lipinski definition) is 1. The molecule has 0 spiro atoms. The SMILES string of the molecule is COc1ccc(NC(=O)[C@H]2O[C@H]3OC(C)(C)O[C@@H]3[C@@H]3OC(C)(C)O[C@H]32)cc1Cl. The predicted molar refractivity (Wildman–Crippen MR) is 99.2 cm³/mol. The average molecular weight is 414 g/mol. The smallest absolute Gasteiger partial charge is 0.256 e. The van der Waals surface area contributed by atoms with Crippen molar-refractivity contribution in [2.75, 3.05) is 12.4 Å². The first-order valence-electron chi connectivity index (χ1n) is 9.10. The largest absolute Gasteiger partial charge is 0.495 e. The van der Waals surface area contributed by atoms with E-state index < -0.39 is 42.3 Å². The lowest BCUT2D eigenvalue weighted by molar-refractivity contribution is -0.229. The second kappa shape index (κ2) is 6.83. The van der Waals surface area contributed by atoms with Crippen molar-refractivity contribution in [1.82, 2.24) is 0 Å². The normalized spacial score (nSPS) is 35.1. The number of hydrogen-bond acceptors (Lipinski definition) is 7. The second-order valence-electron chi connectivity index (χ2n) is 7.93. The molecule has 8 nitrogen and oxygen atoms in total. The molecular formula is C19H24ClNO7. The molecule has 1 aromatic carbocycles. The minimum absolute atomic E-state index is 0.385. The molecule has 9 heteroatoms. The van der Waals surface area contributed by atoms with Crippen molar-refractivity contribution in [2.45, 2.75) is 70.0 Å². The number of methoxy groups -OCH3 is 1. The summed E-state index contributed by atoms with van der Waals surface area (Å²) >= 11 is 6.14. The van der Waals surface area contributed by atoms with Crippen LogP contribution < -0.4 is 10.1 Å². The van der Waals surface area contributed by atoms with E-state index in [1.54, 1.807) is 45.9 Å². The van der Waals surface area contributed by atoms with Crippen LogP contribution in [0, 0.1) is 0 Å². The van der Waals surface area contributed by atoms with Crippen LogP contribution in [-0.4, -0.2) is 55.3 Å². The van der Waals surface area contributed by atoms with Crippen molar-refractivity contribution in [3.05, 3.63) is 23.2 Å². The summed E-state index contributed by atoms with van der Waals surface area (Å²) in [6.45, 7) is 7.16. The van der Waals surface area contributed by atoms with Gasteiger partial charge in [0.25, 0.3) is 5.91 Å². The molecule has 1 amide bonds. The minimum atomic E-state index is -0.939. The molecule has 1 N–H and O–H groups in total. The Kier molecular flexibility index (Phi) is 4.85. The number of rotatable bonds is 3. The van der Waals surface area contributed by atoms with Crippen LogP contribution in [0.25, 0.3) is 0 Å². The van der Waals surface area contributed by atoms with Crippen molar-refractivity contribution in [1.29, 1.82) is 0 Å². The van der Waals surface area contributed by atoms with Crippen LogP contribution in [0.3, 0.4) is 0 Å². The van der Waals surface area contributed by atoms with Gasteiger partial charge in [0.1, 0.15) is 24.1 Å². The van der Waals surface area contributed by atoms with E-state index in [2.05, 4.69) is 5.32 Å². The van der Waals surface area contributed by atoms with Crippen LogP contribution in [0.15, 0.2) is 18.2 Å². The molecule has 0 bridgehead atoms. The summed E-state index contributed by atoms with van der Waals surface area (Å²) in [5.74, 6) is -1.58. The van der Waals surface area contributed by atoms with E-state index in [1.165, 1.54) is 7.11 Å². The second-order valence-corrected chi connectivity index (χ2v) is 8.34. The fourth-order valence-electron chi connectivity index (χ4n) is 3.78. The molecule has 0 unspecified atom stereocenters. The third kappa shape index (κ3) is 3.60. The summed E-state index contributed by atoms with van der Waals surface area (Å²) in [5, 5.41) is 3.20. The zero-order valence-electron chi connectivity index (χ0n) is 16.4. The number of ether oxygens (including phenoxy) is 6. The maximum absolute atomic E-state index is 13.0. The van der Waals surface area contributed by atoms with Crippen LogP contribution in [0.2, 0.25) is 5.02 Å². The van der Waals surface area contributed by atoms with Gasteiger partial charge in [-0.2, -0.15) is 0 Å². The lowest BCUT2D eigenvalue weighted by Gasteiger charge is -2.36. The fraction of sp³-hybridized carbons (Fsp3) is 0.632. The van der Waals surface area contributed by atoms with Crippen molar-refractivity contribution in [3.63, 3.8) is 0 Å². The van der Waals surface area contributed by atoms with Gasteiger partial charge in [-0.25, -0.2) is 0 Å². The highest BCUT2D eigenvalue weighted by atomic mass is 35.5. The zero-order valence-corrected chi connectivity index (χ0v) is 17.1. The monoisotopic (exact) mass is 413 g/mol. The van der Waals surface area contributed by atoms with E-state index >= 15 is 0 Å². The molecule has 3 fully saturated rings. The van der Waals surface area contributed by atoms with Crippen LogP contribution in [0.4, 0.5) is 5.69 Å². The summed E-state index contributed by atoms with van der Waals surface area (Å²) in [6, 6.07) is 4.98. The van der Waals surface area contributed by atoms with Crippen molar-refractivity contribution < 1.29 is 33.2 Å². The van der Waals surface area contributed by atoms with Gasteiger partial charge in [-0.1, -0.05) is 11.6 Å². The topological polar surface area (TPSA) is 84.5 Å². The molecule has 5 atom stereocenters. The fourth-order valence-corrected chi connectivity index (χ4v) is 4.04. The lowest BCUT2D eigenvalue weighted by atomic mass is 9.98. The zero-order chi connectivity index (χ0) is 20.3. The maximum atomic E-state index is 13.0. The molecule has 1 aromatic rings. The quantitative estimate of drug-likeness (QED) is 0.815. The van der Waals surface area contributed by atoms with E-state index in [0.29, 0.717) is 16.5 Å². The maximum Gasteiger partial charge on any atom is 0.256 e. The number of carbonyl (C=O) groups excluding carboxylic acids is 1. The highest BCUT2D eigenvalue weighted by molar-refractivity contribution is 6.32. The van der Waals surface area contributed by atoms with E-state index in [-0.39, 0.29) is 5.91 Å². The Morgan fingerprint density at radius 2 is 1.68 bits per heavy atom. The molecule has 154 valence electrons. The first-order chi connectivity index (χ1) is 13.1. The third-order valence-electron chi connectivity index (χ3n) is 4.83. The number of carbonyl (C=O) groups is 1. The number of anilines is 1. The van der Waals surface area contributed by atoms with Crippen LogP contribution in [0.5, 0.6) is 5.75 Å². The Bertz CT molecular complexity index is 784. The van der Waals surface area contributed by atoms with Crippen molar-refractivity contribution >= 4 is 23.2 Å². The summed E-state index contributed by atoms with van der Waals surface area (Å²) < 4.78 is 34.8. The van der Waals surface area contributed by atoms with E-state index in [1.807, 2.05) is 0 Å². The lowest BCUT2D eigenvalue weighted by Crippen LogP contribution is -2.58. The standard InChI is InChI=1S/C19H24ClNO7/c1-18(2)25-12-13(26-18)15-17(28-19(3,4)27-15)24-14(12)16(22)21-9-6-7-11(23-5)10(20)8-9/h6-8,12-15,17H,1-5H3,(H,21,22)/t12-,13-,14+,15-,17+/m1/s1. The predicted octanol–water partition coefficient (Wildman–Crippen LogP) is 2.68. The molecule has 0 aliphatic carbocycles. The number of fused-ring (bicyclic) bond motifs is 3. The van der Waals surface area contributed by atoms with Gasteiger partial charge >= 0.3 is 0 Å². The van der Waals surface area contributed by atoms with Gasteiger partial charge in [0.05, 0.1) is 12.1 Å². The van der Waals surface area contributed by atoms with Gasteiger partial charge in [-0.05, 0) is 45.9 Å². The molecule has 3 aliphatic rings. The molecule has 3 heterocycles. The summed E-state index contributed by atoms with van der Waals surface area (Å²) in [4.78, 5) is 13.0. The molecule has 3 aliphatic heterocycles. The van der Waals surface area contributed by atoms with E-state index in [9.17, 15) is 4.79 Å². The highest BCUT2D eigenvalue weighted by Crippen LogP contribution is 2.44. The van der Waals surface area contributed by atoms with Crippen LogP contribution in [-0.2, 0) is 28.5 Å². The Labute approximate surface area is 168 Å². The summed E-state index contributed by atoms with van der Waals surface area (Å²) in [7, 11) is 1.52. The average Bonchev–Trinajstić information content (AvgIpc) is 3.08. The number of halogens is 1. The Hall–Kier alpha value is -1.42. The van der Waals surface area contributed by atoms with E-state index in [0.717, 1.165) is 0 Å². The molecule has 0 radical (unpaired) electrons. The first kappa shape index (κ1) is 19.9. The Morgan fingerprint density at radius 1 is 1.04 bits per heavy atom. The molecule has 0 aromatic heterocycles. The third-order valence-corrected chi connectivity index (χ3v) is 5.13. The first-order valence-corrected chi connectivity index (χ1v) is 9.47. The van der Waals surface area contributed by atoms with Crippen molar-refractivity contribution in [2.24, 2.45) is 0 Å². The van der Waals surface area contributed by atoms with Gasteiger partial charge in [-0.15, -0.1) is 0 Å². The minimum Gasteiger partial charge on any atom is -0.495 e. The van der Waals surface area contributed by atoms with Gasteiger partial charge in [0.15, 0.2) is 24.0 Å². The highest BCUT2D eigenvalue weighted by Gasteiger charge is 2.62. The molecular weight excluding hydrogens is 390 g/mol. The molecule has 3 saturated heterocycles. The van der Waals surface area contributed by atoms with Gasteiger partial charge in [0.2, 0.25) is 0 Å². The van der Waals surface area contributed by atoms with Gasteiger partial charge in [-0.3, -0.25) is 4.79 Å². The molecule has 28 heavy (non-hydrogen) atoms. The Balaban J connectivity index is 1.56. The van der Waals surface area contributed by atoms with Gasteiger partial charge < -0.3 is 33.7 Å². The van der Waals surface area contributed by atoms with Crippen LogP contribution in [0.1, 0.15) is 27.7 Å². The van der Waals surface area contributed by atoms with E-state index in [4.69, 9.17) is 40.0 Å². The number of amides is 1. The molecule has 4 rings (SSSR count). The molecule has 0 saturated carbocycles. The summed E-state index contributed by atoms with van der Waals surface area (Å²) in [6.07, 6.45) is -3.29. The summed E-state index contributed by atoms with van der Waals surface area (Å²) in [5.41, 5.74) is 0.514. The van der Waals surface area contributed by atoms with Crippen molar-refractivity contribution in [3.8, 4) is 5.75 Å². The number of benzene rings is 1. The van der Waals surface area contributed by atoms with Crippen LogP contribution >= 0.6 is 11.6 Å².